The molecule has 1 aliphatic rings. The Morgan fingerprint density at radius 3 is 2.16 bits per heavy atom. The van der Waals surface area contributed by atoms with Crippen molar-refractivity contribution in [3.63, 3.8) is 0 Å². The van der Waals surface area contributed by atoms with Gasteiger partial charge in [-0.3, -0.25) is 9.59 Å². The Balaban J connectivity index is 1.71. The number of rotatable bonds is 4. The zero-order valence-corrected chi connectivity index (χ0v) is 13.8. The van der Waals surface area contributed by atoms with Gasteiger partial charge in [-0.15, -0.1) is 0 Å². The maximum atomic E-state index is 12.7. The monoisotopic (exact) mass is 336 g/mol. The first-order valence-electron chi connectivity index (χ1n) is 8.58. The van der Waals surface area contributed by atoms with Gasteiger partial charge in [-0.25, -0.2) is 0 Å². The molecule has 0 bridgehead atoms. The SMILES string of the molecule is O=C(Cn1c2ccccc2c(=O)c2ccccc21)NC1CC(CO)C1. The third-order valence-corrected chi connectivity index (χ3v) is 5.04. The van der Waals surface area contributed by atoms with Crippen molar-refractivity contribution < 1.29 is 9.90 Å². The highest BCUT2D eigenvalue weighted by Crippen LogP contribution is 2.26. The number of pyridine rings is 1. The van der Waals surface area contributed by atoms with Gasteiger partial charge in [0.2, 0.25) is 5.91 Å². The van der Waals surface area contributed by atoms with Gasteiger partial charge in [-0.1, -0.05) is 24.3 Å². The molecule has 4 rings (SSSR count). The first kappa shape index (κ1) is 15.8. The van der Waals surface area contributed by atoms with Gasteiger partial charge >= 0.3 is 0 Å². The summed E-state index contributed by atoms with van der Waals surface area (Å²) in [5.74, 6) is 0.236. The average Bonchev–Trinajstić information content (AvgIpc) is 2.61. The number of benzene rings is 2. The fourth-order valence-electron chi connectivity index (χ4n) is 3.67. The van der Waals surface area contributed by atoms with Gasteiger partial charge in [-0.2, -0.15) is 0 Å². The van der Waals surface area contributed by atoms with Crippen molar-refractivity contribution in [2.24, 2.45) is 5.92 Å². The summed E-state index contributed by atoms with van der Waals surface area (Å²) in [6.45, 7) is 0.350. The lowest BCUT2D eigenvalue weighted by atomic mass is 9.81. The number of carbonyl (C=O) groups excluding carboxylic acids is 1. The van der Waals surface area contributed by atoms with E-state index in [9.17, 15) is 9.59 Å². The minimum absolute atomic E-state index is 0.00682. The number of fused-ring (bicyclic) bond motifs is 2. The zero-order chi connectivity index (χ0) is 17.4. The molecule has 3 aromatic rings. The Morgan fingerprint density at radius 1 is 1.04 bits per heavy atom. The number of nitrogens with one attached hydrogen (secondary N) is 1. The van der Waals surface area contributed by atoms with Crippen molar-refractivity contribution in [2.45, 2.75) is 25.4 Å². The molecule has 1 saturated carbocycles. The summed E-state index contributed by atoms with van der Waals surface area (Å²) < 4.78 is 1.91. The number of para-hydroxylation sites is 2. The summed E-state index contributed by atoms with van der Waals surface area (Å²) in [5.41, 5.74) is 1.53. The molecule has 1 heterocycles. The van der Waals surface area contributed by atoms with Crippen LogP contribution in [0.15, 0.2) is 53.3 Å². The smallest absolute Gasteiger partial charge is 0.240 e. The van der Waals surface area contributed by atoms with Crippen LogP contribution in [0.3, 0.4) is 0 Å². The molecule has 0 aliphatic heterocycles. The quantitative estimate of drug-likeness (QED) is 0.716. The van der Waals surface area contributed by atoms with Gasteiger partial charge in [0.15, 0.2) is 5.43 Å². The van der Waals surface area contributed by atoms with Gasteiger partial charge in [-0.05, 0) is 43.0 Å². The average molecular weight is 336 g/mol. The molecule has 0 atom stereocenters. The molecule has 2 aromatic carbocycles. The summed E-state index contributed by atoms with van der Waals surface area (Å²) in [6, 6.07) is 14.9. The minimum Gasteiger partial charge on any atom is -0.396 e. The Labute approximate surface area is 144 Å². The topological polar surface area (TPSA) is 71.3 Å². The lowest BCUT2D eigenvalue weighted by Gasteiger charge is -2.34. The van der Waals surface area contributed by atoms with E-state index in [1.54, 1.807) is 12.1 Å². The maximum Gasteiger partial charge on any atom is 0.240 e. The fraction of sp³-hybridized carbons (Fsp3) is 0.300. The molecule has 5 nitrogen and oxygen atoms in total. The van der Waals surface area contributed by atoms with Crippen LogP contribution in [0.5, 0.6) is 0 Å². The van der Waals surface area contributed by atoms with Crippen molar-refractivity contribution in [1.29, 1.82) is 0 Å². The summed E-state index contributed by atoms with van der Waals surface area (Å²) in [4.78, 5) is 25.2. The third-order valence-electron chi connectivity index (χ3n) is 5.04. The van der Waals surface area contributed by atoms with Crippen molar-refractivity contribution in [2.75, 3.05) is 6.61 Å². The van der Waals surface area contributed by atoms with Crippen LogP contribution in [0, 0.1) is 5.92 Å². The molecule has 0 spiro atoms. The second-order valence-corrected chi connectivity index (χ2v) is 6.73. The highest BCUT2D eigenvalue weighted by Gasteiger charge is 2.29. The second kappa shape index (κ2) is 6.33. The fourth-order valence-corrected chi connectivity index (χ4v) is 3.67. The van der Waals surface area contributed by atoms with E-state index < -0.39 is 0 Å². The highest BCUT2D eigenvalue weighted by molar-refractivity contribution is 5.94. The zero-order valence-electron chi connectivity index (χ0n) is 13.8. The first-order valence-corrected chi connectivity index (χ1v) is 8.58. The Morgan fingerprint density at radius 2 is 1.60 bits per heavy atom. The highest BCUT2D eigenvalue weighted by atomic mass is 16.3. The number of aliphatic hydroxyl groups is 1. The molecule has 0 saturated heterocycles. The van der Waals surface area contributed by atoms with Crippen molar-refractivity contribution in [1.82, 2.24) is 9.88 Å². The Kier molecular flexibility index (Phi) is 4.01. The largest absolute Gasteiger partial charge is 0.396 e. The standard InChI is InChI=1S/C20H20N2O3/c23-12-13-9-14(10-13)21-19(24)11-22-17-7-3-1-5-15(17)20(25)16-6-2-4-8-18(16)22/h1-8,13-14,23H,9-12H2,(H,21,24). The summed E-state index contributed by atoms with van der Waals surface area (Å²) in [7, 11) is 0. The minimum atomic E-state index is -0.0691. The van der Waals surface area contributed by atoms with E-state index in [1.807, 2.05) is 41.0 Å². The predicted octanol–water partition coefficient (Wildman–Crippen LogP) is 2.04. The van der Waals surface area contributed by atoms with Crippen molar-refractivity contribution in [3.05, 3.63) is 58.8 Å². The van der Waals surface area contributed by atoms with E-state index in [0.29, 0.717) is 16.7 Å². The number of aromatic nitrogens is 1. The molecule has 1 fully saturated rings. The van der Waals surface area contributed by atoms with E-state index in [4.69, 9.17) is 5.11 Å². The van der Waals surface area contributed by atoms with Gasteiger partial charge < -0.3 is 15.0 Å². The van der Waals surface area contributed by atoms with Crippen LogP contribution in [-0.4, -0.2) is 28.2 Å². The van der Waals surface area contributed by atoms with Crippen LogP contribution in [0.25, 0.3) is 21.8 Å². The van der Waals surface area contributed by atoms with Crippen LogP contribution in [0.4, 0.5) is 0 Å². The molecule has 25 heavy (non-hydrogen) atoms. The molecule has 5 heteroatoms. The second-order valence-electron chi connectivity index (χ2n) is 6.73. The van der Waals surface area contributed by atoms with Crippen LogP contribution >= 0.6 is 0 Å². The molecular weight excluding hydrogens is 316 g/mol. The number of nitrogens with zero attached hydrogens (tertiary/aromatic N) is 1. The lowest BCUT2D eigenvalue weighted by molar-refractivity contribution is -0.123. The molecule has 0 radical (unpaired) electrons. The number of carbonyl (C=O) groups is 1. The Hall–Kier alpha value is -2.66. The van der Waals surface area contributed by atoms with Gasteiger partial charge in [0.25, 0.3) is 0 Å². The predicted molar refractivity (Wildman–Crippen MR) is 97.5 cm³/mol. The normalized spacial score (nSPS) is 19.7. The molecule has 1 aliphatic carbocycles. The van der Waals surface area contributed by atoms with E-state index in [0.717, 1.165) is 23.9 Å². The van der Waals surface area contributed by atoms with Gasteiger partial charge in [0, 0.05) is 23.4 Å². The molecule has 128 valence electrons. The molecule has 0 unspecified atom stereocenters. The molecule has 2 N–H and O–H groups in total. The number of aliphatic hydroxyl groups excluding tert-OH is 1. The number of hydrogen-bond donors (Lipinski definition) is 2. The summed E-state index contributed by atoms with van der Waals surface area (Å²) >= 11 is 0. The number of hydrogen-bond acceptors (Lipinski definition) is 3. The Bertz CT molecular complexity index is 943. The first-order chi connectivity index (χ1) is 12.2. The van der Waals surface area contributed by atoms with Crippen LogP contribution in [0.1, 0.15) is 12.8 Å². The summed E-state index contributed by atoms with van der Waals surface area (Å²) in [6.07, 6.45) is 1.65. The molecular formula is C20H20N2O3. The summed E-state index contributed by atoms with van der Waals surface area (Å²) in [5, 5.41) is 13.4. The van der Waals surface area contributed by atoms with Crippen molar-refractivity contribution >= 4 is 27.7 Å². The van der Waals surface area contributed by atoms with E-state index in [2.05, 4.69) is 5.32 Å². The van der Waals surface area contributed by atoms with E-state index in [1.165, 1.54) is 0 Å². The third kappa shape index (κ3) is 2.81. The lowest BCUT2D eigenvalue weighted by Crippen LogP contribution is -2.46. The maximum absolute atomic E-state index is 12.7. The van der Waals surface area contributed by atoms with Gasteiger partial charge in [0.05, 0.1) is 11.0 Å². The van der Waals surface area contributed by atoms with Crippen LogP contribution in [-0.2, 0) is 11.3 Å². The molecule has 1 aromatic heterocycles. The van der Waals surface area contributed by atoms with Gasteiger partial charge in [0.1, 0.15) is 6.54 Å². The number of amides is 1. The van der Waals surface area contributed by atoms with Crippen molar-refractivity contribution in [3.8, 4) is 0 Å². The molecule has 1 amide bonds. The van der Waals surface area contributed by atoms with Crippen LogP contribution in [0.2, 0.25) is 0 Å². The van der Waals surface area contributed by atoms with E-state index in [-0.39, 0.29) is 30.5 Å². The van der Waals surface area contributed by atoms with Crippen LogP contribution < -0.4 is 10.7 Å². The van der Waals surface area contributed by atoms with E-state index >= 15 is 0 Å².